The summed E-state index contributed by atoms with van der Waals surface area (Å²) < 4.78 is 4.98. The molecule has 3 rings (SSSR count). The van der Waals surface area contributed by atoms with Gasteiger partial charge in [-0.05, 0) is 12.0 Å². The first-order valence-corrected chi connectivity index (χ1v) is 8.20. The van der Waals surface area contributed by atoms with Crippen LogP contribution < -0.4 is 0 Å². The van der Waals surface area contributed by atoms with E-state index in [0.29, 0.717) is 24.9 Å². The van der Waals surface area contributed by atoms with E-state index in [2.05, 4.69) is 12.1 Å². The molecule has 0 spiro atoms. The molecule has 0 aromatic heterocycles. The van der Waals surface area contributed by atoms with Gasteiger partial charge in [0.25, 0.3) is 0 Å². The molecule has 5 nitrogen and oxygen atoms in total. The first kappa shape index (κ1) is 16.0. The van der Waals surface area contributed by atoms with Gasteiger partial charge in [-0.15, -0.1) is 0 Å². The SMILES string of the molecule is COCC(=O)N1CC[C@@H]2[C@H](C1)[C@@H](c1ccccc1)CN2C(C)=O. The van der Waals surface area contributed by atoms with Crippen LogP contribution in [-0.4, -0.2) is 61.0 Å². The second kappa shape index (κ2) is 6.71. The summed E-state index contributed by atoms with van der Waals surface area (Å²) in [6, 6.07) is 10.6. The molecule has 0 bridgehead atoms. The Bertz CT molecular complexity index is 575. The van der Waals surface area contributed by atoms with Crippen molar-refractivity contribution >= 4 is 11.8 Å². The van der Waals surface area contributed by atoms with Crippen LogP contribution in [0.1, 0.15) is 24.8 Å². The Morgan fingerprint density at radius 1 is 1.22 bits per heavy atom. The molecule has 23 heavy (non-hydrogen) atoms. The fourth-order valence-corrected chi connectivity index (χ4v) is 4.09. The number of carbonyl (C=O) groups is 2. The highest BCUT2D eigenvalue weighted by Gasteiger charge is 2.46. The van der Waals surface area contributed by atoms with Crippen molar-refractivity contribution in [1.82, 2.24) is 9.80 Å². The van der Waals surface area contributed by atoms with E-state index in [1.54, 1.807) is 14.0 Å². The first-order chi connectivity index (χ1) is 11.1. The number of hydrogen-bond donors (Lipinski definition) is 0. The van der Waals surface area contributed by atoms with Gasteiger partial charge in [0, 0.05) is 51.5 Å². The molecule has 2 fully saturated rings. The van der Waals surface area contributed by atoms with E-state index < -0.39 is 0 Å². The van der Waals surface area contributed by atoms with Gasteiger partial charge < -0.3 is 14.5 Å². The third kappa shape index (κ3) is 3.11. The first-order valence-electron chi connectivity index (χ1n) is 8.20. The molecule has 3 atom stereocenters. The van der Waals surface area contributed by atoms with E-state index in [-0.39, 0.29) is 24.5 Å². The number of nitrogens with zero attached hydrogens (tertiary/aromatic N) is 2. The molecule has 2 amide bonds. The Labute approximate surface area is 137 Å². The Kier molecular flexibility index (Phi) is 4.66. The predicted octanol–water partition coefficient (Wildman–Crippen LogP) is 1.50. The van der Waals surface area contributed by atoms with Crippen LogP contribution in [0.4, 0.5) is 0 Å². The zero-order valence-electron chi connectivity index (χ0n) is 13.8. The van der Waals surface area contributed by atoms with Crippen molar-refractivity contribution in [2.45, 2.75) is 25.3 Å². The molecule has 0 N–H and O–H groups in total. The maximum atomic E-state index is 12.2. The zero-order valence-corrected chi connectivity index (χ0v) is 13.8. The van der Waals surface area contributed by atoms with Gasteiger partial charge in [-0.2, -0.15) is 0 Å². The fourth-order valence-electron chi connectivity index (χ4n) is 4.09. The van der Waals surface area contributed by atoms with E-state index in [4.69, 9.17) is 4.74 Å². The number of ether oxygens (including phenoxy) is 1. The molecule has 0 aliphatic carbocycles. The largest absolute Gasteiger partial charge is 0.375 e. The lowest BCUT2D eigenvalue weighted by atomic mass is 9.82. The molecule has 0 saturated carbocycles. The minimum atomic E-state index is 0.0408. The molecule has 0 radical (unpaired) electrons. The van der Waals surface area contributed by atoms with Crippen LogP contribution >= 0.6 is 0 Å². The summed E-state index contributed by atoms with van der Waals surface area (Å²) >= 11 is 0. The lowest BCUT2D eigenvalue weighted by Gasteiger charge is -2.38. The van der Waals surface area contributed by atoms with E-state index in [1.807, 2.05) is 28.0 Å². The average Bonchev–Trinajstić information content (AvgIpc) is 2.95. The second-order valence-corrected chi connectivity index (χ2v) is 6.48. The number of piperidine rings is 1. The van der Waals surface area contributed by atoms with Crippen molar-refractivity contribution in [3.8, 4) is 0 Å². The molecule has 1 aromatic rings. The molecule has 124 valence electrons. The third-order valence-corrected chi connectivity index (χ3v) is 5.18. The molecule has 5 heteroatoms. The van der Waals surface area contributed by atoms with Crippen LogP contribution in [0.25, 0.3) is 0 Å². The van der Waals surface area contributed by atoms with Crippen LogP contribution in [0.15, 0.2) is 30.3 Å². The summed E-state index contributed by atoms with van der Waals surface area (Å²) in [4.78, 5) is 28.1. The summed E-state index contributed by atoms with van der Waals surface area (Å²) in [7, 11) is 1.55. The fraction of sp³-hybridized carbons (Fsp3) is 0.556. The second-order valence-electron chi connectivity index (χ2n) is 6.48. The summed E-state index contributed by atoms with van der Waals surface area (Å²) in [5.74, 6) is 0.772. The maximum absolute atomic E-state index is 12.2. The monoisotopic (exact) mass is 316 g/mol. The van der Waals surface area contributed by atoms with Crippen molar-refractivity contribution < 1.29 is 14.3 Å². The maximum Gasteiger partial charge on any atom is 0.248 e. The van der Waals surface area contributed by atoms with Gasteiger partial charge in [-0.1, -0.05) is 30.3 Å². The Morgan fingerprint density at radius 2 is 1.96 bits per heavy atom. The van der Waals surface area contributed by atoms with Crippen molar-refractivity contribution in [3.63, 3.8) is 0 Å². The highest BCUT2D eigenvalue weighted by Crippen LogP contribution is 2.41. The van der Waals surface area contributed by atoms with Crippen molar-refractivity contribution in [2.24, 2.45) is 5.92 Å². The topological polar surface area (TPSA) is 49.9 Å². The summed E-state index contributed by atoms with van der Waals surface area (Å²) in [5, 5.41) is 0. The Morgan fingerprint density at radius 3 is 2.61 bits per heavy atom. The van der Waals surface area contributed by atoms with E-state index in [9.17, 15) is 9.59 Å². The van der Waals surface area contributed by atoms with E-state index in [1.165, 1.54) is 5.56 Å². The van der Waals surface area contributed by atoms with Gasteiger partial charge in [-0.3, -0.25) is 9.59 Å². The number of fused-ring (bicyclic) bond motifs is 1. The van der Waals surface area contributed by atoms with Crippen molar-refractivity contribution in [2.75, 3.05) is 33.4 Å². The number of rotatable bonds is 3. The normalized spacial score (nSPS) is 27.0. The van der Waals surface area contributed by atoms with Crippen LogP contribution in [0.2, 0.25) is 0 Å². The molecule has 2 heterocycles. The lowest BCUT2D eigenvalue weighted by molar-refractivity contribution is -0.138. The minimum absolute atomic E-state index is 0.0408. The number of likely N-dealkylation sites (tertiary alicyclic amines) is 2. The van der Waals surface area contributed by atoms with Gasteiger partial charge >= 0.3 is 0 Å². The summed E-state index contributed by atoms with van der Waals surface area (Å²) in [5.41, 5.74) is 1.26. The highest BCUT2D eigenvalue weighted by atomic mass is 16.5. The molecular weight excluding hydrogens is 292 g/mol. The quantitative estimate of drug-likeness (QED) is 0.849. The van der Waals surface area contributed by atoms with Gasteiger partial charge in [0.15, 0.2) is 0 Å². The number of hydrogen-bond acceptors (Lipinski definition) is 3. The van der Waals surface area contributed by atoms with Crippen molar-refractivity contribution in [3.05, 3.63) is 35.9 Å². The van der Waals surface area contributed by atoms with Crippen LogP contribution in [0.3, 0.4) is 0 Å². The third-order valence-electron chi connectivity index (χ3n) is 5.18. The molecular formula is C18H24N2O3. The predicted molar refractivity (Wildman–Crippen MR) is 86.9 cm³/mol. The average molecular weight is 316 g/mol. The number of carbonyl (C=O) groups excluding carboxylic acids is 2. The van der Waals surface area contributed by atoms with Gasteiger partial charge in [0.05, 0.1) is 0 Å². The Balaban J connectivity index is 1.83. The van der Waals surface area contributed by atoms with Crippen LogP contribution in [-0.2, 0) is 14.3 Å². The molecule has 2 saturated heterocycles. The minimum Gasteiger partial charge on any atom is -0.375 e. The lowest BCUT2D eigenvalue weighted by Crippen LogP contribution is -2.50. The Hall–Kier alpha value is -1.88. The number of methoxy groups -OCH3 is 1. The number of benzene rings is 1. The zero-order chi connectivity index (χ0) is 16.4. The smallest absolute Gasteiger partial charge is 0.248 e. The molecule has 2 aliphatic rings. The van der Waals surface area contributed by atoms with Gasteiger partial charge in [0.1, 0.15) is 6.61 Å². The highest BCUT2D eigenvalue weighted by molar-refractivity contribution is 5.78. The molecule has 0 unspecified atom stereocenters. The van der Waals surface area contributed by atoms with Crippen molar-refractivity contribution in [1.29, 1.82) is 0 Å². The standard InChI is InChI=1S/C18H24N2O3/c1-13(21)20-11-15(14-6-4-3-5-7-14)16-10-19(9-8-17(16)20)18(22)12-23-2/h3-7,15-17H,8-12H2,1-2H3/t15-,16-,17-/m1/s1. The molecule has 2 aliphatic heterocycles. The summed E-state index contributed by atoms with van der Waals surface area (Å²) in [6.07, 6.45) is 0.850. The van der Waals surface area contributed by atoms with Crippen LogP contribution in [0.5, 0.6) is 0 Å². The van der Waals surface area contributed by atoms with E-state index in [0.717, 1.165) is 13.0 Å². The van der Waals surface area contributed by atoms with Gasteiger partial charge in [0.2, 0.25) is 11.8 Å². The van der Waals surface area contributed by atoms with Crippen LogP contribution in [0, 0.1) is 5.92 Å². The molecule has 1 aromatic carbocycles. The van der Waals surface area contributed by atoms with E-state index >= 15 is 0 Å². The summed E-state index contributed by atoms with van der Waals surface area (Å²) in [6.45, 7) is 3.93. The van der Waals surface area contributed by atoms with Gasteiger partial charge in [-0.25, -0.2) is 0 Å². The number of amides is 2.